The van der Waals surface area contributed by atoms with Gasteiger partial charge in [-0.15, -0.1) is 0 Å². The number of benzene rings is 2. The Kier molecular flexibility index (Phi) is 6.90. The number of hydrogen-bond donors (Lipinski definition) is 1. The van der Waals surface area contributed by atoms with Crippen LogP contribution in [0.4, 0.5) is 5.69 Å². The maximum atomic E-state index is 13.0. The van der Waals surface area contributed by atoms with Gasteiger partial charge in [0.05, 0.1) is 14.2 Å². The number of ether oxygens (including phenoxy) is 2. The van der Waals surface area contributed by atoms with Crippen molar-refractivity contribution in [3.63, 3.8) is 0 Å². The van der Waals surface area contributed by atoms with E-state index in [2.05, 4.69) is 34.9 Å². The fourth-order valence-electron chi connectivity index (χ4n) is 3.87. The number of likely N-dealkylation sites (N-methyl/N-ethyl adjacent to an activating group) is 1. The predicted octanol–water partition coefficient (Wildman–Crippen LogP) is 2.67. The van der Waals surface area contributed by atoms with Crippen LogP contribution in [0.3, 0.4) is 0 Å². The Morgan fingerprint density at radius 1 is 1.13 bits per heavy atom. The molecule has 1 heterocycles. The van der Waals surface area contributed by atoms with E-state index in [4.69, 9.17) is 9.47 Å². The first-order chi connectivity index (χ1) is 14.3. The van der Waals surface area contributed by atoms with Gasteiger partial charge in [0, 0.05) is 37.9 Å². The normalized spacial score (nSPS) is 15.1. The highest BCUT2D eigenvalue weighted by Gasteiger charge is 2.24. The second-order valence-electron chi connectivity index (χ2n) is 7.76. The van der Waals surface area contributed by atoms with Crippen molar-refractivity contribution in [2.24, 2.45) is 0 Å². The SMILES string of the molecule is COc1ccc(S(=O)(=O)NCC(c2ccc3c(c2)CCCN3C)N(C)C)c(OC)c1. The first-order valence-electron chi connectivity index (χ1n) is 9.99. The number of hydrogen-bond acceptors (Lipinski definition) is 6. The summed E-state index contributed by atoms with van der Waals surface area (Å²) in [6.45, 7) is 1.31. The minimum absolute atomic E-state index is 0.0929. The van der Waals surface area contributed by atoms with Gasteiger partial charge in [-0.3, -0.25) is 0 Å². The van der Waals surface area contributed by atoms with Crippen molar-refractivity contribution in [2.75, 3.05) is 53.4 Å². The second-order valence-corrected chi connectivity index (χ2v) is 9.50. The van der Waals surface area contributed by atoms with Crippen LogP contribution in [-0.2, 0) is 16.4 Å². The summed E-state index contributed by atoms with van der Waals surface area (Å²) in [4.78, 5) is 4.39. The van der Waals surface area contributed by atoms with Gasteiger partial charge >= 0.3 is 0 Å². The van der Waals surface area contributed by atoms with Crippen molar-refractivity contribution in [1.29, 1.82) is 0 Å². The molecule has 3 rings (SSSR count). The zero-order chi connectivity index (χ0) is 21.9. The van der Waals surface area contributed by atoms with E-state index in [0.717, 1.165) is 24.9 Å². The van der Waals surface area contributed by atoms with Gasteiger partial charge in [0.1, 0.15) is 16.4 Å². The molecule has 0 radical (unpaired) electrons. The van der Waals surface area contributed by atoms with Crippen LogP contribution in [0.2, 0.25) is 0 Å². The lowest BCUT2D eigenvalue weighted by atomic mass is 9.96. The van der Waals surface area contributed by atoms with E-state index >= 15 is 0 Å². The Hall–Kier alpha value is -2.29. The summed E-state index contributed by atoms with van der Waals surface area (Å²) in [5, 5.41) is 0. The van der Waals surface area contributed by atoms with Gasteiger partial charge in [-0.05, 0) is 56.3 Å². The molecule has 0 amide bonds. The Morgan fingerprint density at radius 3 is 2.57 bits per heavy atom. The van der Waals surface area contributed by atoms with Crippen molar-refractivity contribution < 1.29 is 17.9 Å². The first kappa shape index (κ1) is 22.4. The molecule has 1 unspecified atom stereocenters. The number of nitrogens with zero attached hydrogens (tertiary/aromatic N) is 2. The lowest BCUT2D eigenvalue weighted by molar-refractivity contribution is 0.299. The van der Waals surface area contributed by atoms with Crippen molar-refractivity contribution in [1.82, 2.24) is 9.62 Å². The Bertz CT molecular complexity index is 992. The fourth-order valence-corrected chi connectivity index (χ4v) is 5.06. The largest absolute Gasteiger partial charge is 0.497 e. The summed E-state index contributed by atoms with van der Waals surface area (Å²) in [5.41, 5.74) is 3.66. The minimum atomic E-state index is -3.76. The zero-order valence-electron chi connectivity index (χ0n) is 18.3. The number of methoxy groups -OCH3 is 2. The number of fused-ring (bicyclic) bond motifs is 1. The molecule has 0 bridgehead atoms. The molecule has 0 saturated heterocycles. The van der Waals surface area contributed by atoms with E-state index in [1.807, 2.05) is 19.0 Å². The molecule has 0 saturated carbocycles. The van der Waals surface area contributed by atoms with Crippen LogP contribution in [0.5, 0.6) is 11.5 Å². The third-order valence-electron chi connectivity index (χ3n) is 5.59. The van der Waals surface area contributed by atoms with Crippen LogP contribution < -0.4 is 19.1 Å². The quantitative estimate of drug-likeness (QED) is 0.690. The maximum Gasteiger partial charge on any atom is 0.244 e. The fraction of sp³-hybridized carbons (Fsp3) is 0.455. The Labute approximate surface area is 179 Å². The summed E-state index contributed by atoms with van der Waals surface area (Å²) in [5.74, 6) is 0.788. The molecule has 0 aromatic heterocycles. The predicted molar refractivity (Wildman–Crippen MR) is 119 cm³/mol. The van der Waals surface area contributed by atoms with Crippen LogP contribution >= 0.6 is 0 Å². The highest BCUT2D eigenvalue weighted by Crippen LogP contribution is 2.31. The van der Waals surface area contributed by atoms with E-state index in [0.29, 0.717) is 5.75 Å². The summed E-state index contributed by atoms with van der Waals surface area (Å²) in [6.07, 6.45) is 2.17. The van der Waals surface area contributed by atoms with Crippen molar-refractivity contribution in [3.8, 4) is 11.5 Å². The maximum absolute atomic E-state index is 13.0. The first-order valence-corrected chi connectivity index (χ1v) is 11.5. The molecule has 30 heavy (non-hydrogen) atoms. The Balaban J connectivity index is 1.83. The molecule has 7 nitrogen and oxygen atoms in total. The van der Waals surface area contributed by atoms with Crippen LogP contribution in [0, 0.1) is 0 Å². The molecule has 1 aliphatic heterocycles. The molecule has 1 atom stereocenters. The number of aryl methyl sites for hydroxylation is 1. The van der Waals surface area contributed by atoms with Gasteiger partial charge in [-0.25, -0.2) is 13.1 Å². The van der Waals surface area contributed by atoms with E-state index < -0.39 is 10.0 Å². The van der Waals surface area contributed by atoms with Gasteiger partial charge in [-0.1, -0.05) is 12.1 Å². The third-order valence-corrected chi connectivity index (χ3v) is 7.05. The van der Waals surface area contributed by atoms with Crippen LogP contribution in [0.25, 0.3) is 0 Å². The van der Waals surface area contributed by atoms with Gasteiger partial charge < -0.3 is 19.3 Å². The van der Waals surface area contributed by atoms with Crippen molar-refractivity contribution in [2.45, 2.75) is 23.8 Å². The Morgan fingerprint density at radius 2 is 1.90 bits per heavy atom. The number of sulfonamides is 1. The van der Waals surface area contributed by atoms with Crippen LogP contribution in [0.15, 0.2) is 41.3 Å². The molecular formula is C22H31N3O4S. The molecule has 0 spiro atoms. The second kappa shape index (κ2) is 9.24. The van der Waals surface area contributed by atoms with E-state index in [1.165, 1.54) is 31.5 Å². The smallest absolute Gasteiger partial charge is 0.244 e. The molecule has 1 aliphatic rings. The molecule has 1 N–H and O–H groups in total. The van der Waals surface area contributed by atoms with Crippen LogP contribution in [0.1, 0.15) is 23.6 Å². The van der Waals surface area contributed by atoms with E-state index in [1.54, 1.807) is 12.1 Å². The average molecular weight is 434 g/mol. The topological polar surface area (TPSA) is 71.1 Å². The molecule has 2 aromatic rings. The highest BCUT2D eigenvalue weighted by atomic mass is 32.2. The van der Waals surface area contributed by atoms with Gasteiger partial charge in [0.25, 0.3) is 0 Å². The molecule has 8 heteroatoms. The minimum Gasteiger partial charge on any atom is -0.497 e. The molecule has 0 aliphatic carbocycles. The summed E-state index contributed by atoms with van der Waals surface area (Å²) in [7, 11) is 5.24. The van der Waals surface area contributed by atoms with Crippen molar-refractivity contribution >= 4 is 15.7 Å². The van der Waals surface area contributed by atoms with E-state index in [-0.39, 0.29) is 23.2 Å². The van der Waals surface area contributed by atoms with E-state index in [9.17, 15) is 8.42 Å². The summed E-state index contributed by atoms with van der Waals surface area (Å²) in [6, 6.07) is 11.0. The van der Waals surface area contributed by atoms with Gasteiger partial charge in [-0.2, -0.15) is 0 Å². The number of rotatable bonds is 8. The van der Waals surface area contributed by atoms with Crippen molar-refractivity contribution in [3.05, 3.63) is 47.5 Å². The lowest BCUT2D eigenvalue weighted by Gasteiger charge is -2.30. The number of nitrogens with one attached hydrogen (secondary N) is 1. The number of anilines is 1. The summed E-state index contributed by atoms with van der Waals surface area (Å²) >= 11 is 0. The van der Waals surface area contributed by atoms with Gasteiger partial charge in [0.15, 0.2) is 0 Å². The molecular weight excluding hydrogens is 402 g/mol. The molecule has 164 valence electrons. The monoisotopic (exact) mass is 433 g/mol. The standard InChI is InChI=1S/C22H31N3O4S/c1-24(2)20(17-8-10-19-16(13-17)7-6-12-25(19)3)15-23-30(26,27)22-11-9-18(28-4)14-21(22)29-5/h8-11,13-14,20,23H,6-7,12,15H2,1-5H3. The molecule has 2 aromatic carbocycles. The average Bonchev–Trinajstić information content (AvgIpc) is 2.73. The lowest BCUT2D eigenvalue weighted by Crippen LogP contribution is -2.35. The van der Waals surface area contributed by atoms with Gasteiger partial charge in [0.2, 0.25) is 10.0 Å². The highest BCUT2D eigenvalue weighted by molar-refractivity contribution is 7.89. The third kappa shape index (κ3) is 4.71. The van der Waals surface area contributed by atoms with Crippen LogP contribution in [-0.4, -0.2) is 61.8 Å². The zero-order valence-corrected chi connectivity index (χ0v) is 19.1. The molecule has 0 fully saturated rings. The summed E-state index contributed by atoms with van der Waals surface area (Å²) < 4.78 is 39.2.